The van der Waals surface area contributed by atoms with Crippen molar-refractivity contribution in [2.75, 3.05) is 20.1 Å². The Kier molecular flexibility index (Phi) is 7.60. The molecule has 0 aliphatic heterocycles. The maximum Gasteiger partial charge on any atom is 0.265 e. The third-order valence-electron chi connectivity index (χ3n) is 5.87. The molecule has 1 atom stereocenters. The molecule has 0 saturated heterocycles. The molecule has 0 aliphatic rings. The van der Waals surface area contributed by atoms with E-state index in [9.17, 15) is 4.79 Å². The minimum atomic E-state index is -0.0777. The average molecular weight is 465 g/mol. The maximum atomic E-state index is 13.5. The van der Waals surface area contributed by atoms with Crippen molar-refractivity contribution in [3.63, 3.8) is 0 Å². The summed E-state index contributed by atoms with van der Waals surface area (Å²) in [6.45, 7) is 4.92. The van der Waals surface area contributed by atoms with Gasteiger partial charge in [0.15, 0.2) is 0 Å². The number of halogens is 1. The molecule has 0 amide bonds. The van der Waals surface area contributed by atoms with Crippen LogP contribution in [0.3, 0.4) is 0 Å². The van der Waals surface area contributed by atoms with E-state index in [1.165, 1.54) is 6.26 Å². The Morgan fingerprint density at radius 2 is 1.85 bits per heavy atom. The zero-order valence-corrected chi connectivity index (χ0v) is 19.8. The summed E-state index contributed by atoms with van der Waals surface area (Å²) in [5, 5.41) is 4.47. The molecule has 0 saturated carbocycles. The van der Waals surface area contributed by atoms with E-state index in [1.807, 2.05) is 61.6 Å². The van der Waals surface area contributed by atoms with Crippen LogP contribution in [-0.4, -0.2) is 34.6 Å². The molecule has 7 heteroatoms. The van der Waals surface area contributed by atoms with Crippen molar-refractivity contribution in [1.29, 1.82) is 0 Å². The van der Waals surface area contributed by atoms with Crippen molar-refractivity contribution >= 4 is 22.7 Å². The van der Waals surface area contributed by atoms with Crippen molar-refractivity contribution in [2.24, 2.45) is 0 Å². The van der Waals surface area contributed by atoms with Crippen LogP contribution in [0.4, 0.5) is 0 Å². The topological polar surface area (TPSA) is 63.3 Å². The Balaban J connectivity index is 1.78. The van der Waals surface area contributed by atoms with Crippen molar-refractivity contribution in [1.82, 2.24) is 19.8 Å². The standard InChI is InChI=1S/C26H29ClN4O2/c1-3-23(30(15-14-28-2)17-20-9-11-21(27)12-10-20)24-29-25-22(13-16-33-25)26(32)31(24)18-19-7-5-4-6-8-19/h4-13,16,23,28H,3,14-15,17-18H2,1-2H3. The monoisotopic (exact) mass is 464 g/mol. The first-order chi connectivity index (χ1) is 16.1. The summed E-state index contributed by atoms with van der Waals surface area (Å²) in [6.07, 6.45) is 2.33. The van der Waals surface area contributed by atoms with Crippen molar-refractivity contribution < 1.29 is 4.42 Å². The van der Waals surface area contributed by atoms with Crippen LogP contribution in [-0.2, 0) is 13.1 Å². The van der Waals surface area contributed by atoms with Gasteiger partial charge >= 0.3 is 0 Å². The molecule has 2 heterocycles. The van der Waals surface area contributed by atoms with Gasteiger partial charge in [-0.15, -0.1) is 0 Å². The van der Waals surface area contributed by atoms with Gasteiger partial charge in [0, 0.05) is 24.7 Å². The van der Waals surface area contributed by atoms with Gasteiger partial charge in [-0.2, -0.15) is 4.98 Å². The summed E-state index contributed by atoms with van der Waals surface area (Å²) in [5.41, 5.74) is 2.52. The fourth-order valence-electron chi connectivity index (χ4n) is 4.17. The SMILES string of the molecule is CCC(c1nc2occc2c(=O)n1Cc1ccccc1)N(CCNC)Cc1ccc(Cl)cc1. The number of likely N-dealkylation sites (N-methyl/N-ethyl adjacent to an activating group) is 1. The molecule has 0 aliphatic carbocycles. The Morgan fingerprint density at radius 3 is 2.55 bits per heavy atom. The molecule has 172 valence electrons. The summed E-state index contributed by atoms with van der Waals surface area (Å²) < 4.78 is 7.36. The van der Waals surface area contributed by atoms with E-state index >= 15 is 0 Å². The number of hydrogen-bond donors (Lipinski definition) is 1. The maximum absolute atomic E-state index is 13.5. The summed E-state index contributed by atoms with van der Waals surface area (Å²) in [5.74, 6) is 0.721. The van der Waals surface area contributed by atoms with Crippen molar-refractivity contribution in [3.05, 3.63) is 99.3 Å². The van der Waals surface area contributed by atoms with Gasteiger partial charge in [0.1, 0.15) is 11.2 Å². The van der Waals surface area contributed by atoms with Crippen molar-refractivity contribution in [3.8, 4) is 0 Å². The van der Waals surface area contributed by atoms with Crippen LogP contribution in [0.5, 0.6) is 0 Å². The van der Waals surface area contributed by atoms with E-state index in [-0.39, 0.29) is 11.6 Å². The van der Waals surface area contributed by atoms with Crippen molar-refractivity contribution in [2.45, 2.75) is 32.5 Å². The lowest BCUT2D eigenvalue weighted by molar-refractivity contribution is 0.172. The summed E-state index contributed by atoms with van der Waals surface area (Å²) in [4.78, 5) is 20.7. The highest BCUT2D eigenvalue weighted by Crippen LogP contribution is 2.26. The minimum absolute atomic E-state index is 0.0695. The molecular formula is C26H29ClN4O2. The lowest BCUT2D eigenvalue weighted by Gasteiger charge is -2.32. The van der Waals surface area contributed by atoms with Gasteiger partial charge < -0.3 is 9.73 Å². The smallest absolute Gasteiger partial charge is 0.265 e. The molecule has 0 fully saturated rings. The van der Waals surface area contributed by atoms with Gasteiger partial charge in [-0.05, 0) is 42.8 Å². The highest BCUT2D eigenvalue weighted by Gasteiger charge is 2.26. The molecular weight excluding hydrogens is 436 g/mol. The van der Waals surface area contributed by atoms with Gasteiger partial charge in [0.25, 0.3) is 5.56 Å². The largest absolute Gasteiger partial charge is 0.446 e. The van der Waals surface area contributed by atoms with Crippen LogP contribution >= 0.6 is 11.6 Å². The second-order valence-electron chi connectivity index (χ2n) is 8.11. The normalized spacial score (nSPS) is 12.5. The highest BCUT2D eigenvalue weighted by atomic mass is 35.5. The Labute approximate surface area is 198 Å². The van der Waals surface area contributed by atoms with Crippen LogP contribution < -0.4 is 10.9 Å². The number of rotatable bonds is 10. The van der Waals surface area contributed by atoms with Gasteiger partial charge in [0.2, 0.25) is 5.71 Å². The molecule has 4 rings (SSSR count). The van der Waals surface area contributed by atoms with Gasteiger partial charge in [-0.25, -0.2) is 0 Å². The van der Waals surface area contributed by atoms with Gasteiger partial charge in [-0.1, -0.05) is 61.0 Å². The van der Waals surface area contributed by atoms with Gasteiger partial charge in [-0.3, -0.25) is 14.3 Å². The highest BCUT2D eigenvalue weighted by molar-refractivity contribution is 6.30. The molecule has 1 N–H and O–H groups in total. The quantitative estimate of drug-likeness (QED) is 0.363. The minimum Gasteiger partial charge on any atom is -0.446 e. The molecule has 1 unspecified atom stereocenters. The zero-order valence-electron chi connectivity index (χ0n) is 19.0. The molecule has 0 spiro atoms. The summed E-state index contributed by atoms with van der Waals surface area (Å²) in [6, 6.07) is 19.5. The predicted octanol–water partition coefficient (Wildman–Crippen LogP) is 4.86. The van der Waals surface area contributed by atoms with Gasteiger partial charge in [0.05, 0.1) is 18.8 Å². The fourth-order valence-corrected chi connectivity index (χ4v) is 4.29. The zero-order chi connectivity index (χ0) is 23.2. The molecule has 33 heavy (non-hydrogen) atoms. The first-order valence-electron chi connectivity index (χ1n) is 11.3. The number of fused-ring (bicyclic) bond motifs is 1. The van der Waals surface area contributed by atoms with E-state index in [0.717, 1.165) is 43.0 Å². The first-order valence-corrected chi connectivity index (χ1v) is 11.6. The lowest BCUT2D eigenvalue weighted by Crippen LogP contribution is -2.38. The summed E-state index contributed by atoms with van der Waals surface area (Å²) >= 11 is 6.10. The van der Waals surface area contributed by atoms with Crippen LogP contribution in [0.2, 0.25) is 5.02 Å². The first kappa shape index (κ1) is 23.2. The number of benzene rings is 2. The molecule has 6 nitrogen and oxygen atoms in total. The van der Waals surface area contributed by atoms with E-state index in [1.54, 1.807) is 10.6 Å². The van der Waals surface area contributed by atoms with Crippen LogP contribution in [0.25, 0.3) is 11.1 Å². The second kappa shape index (κ2) is 10.8. The number of furan rings is 1. The van der Waals surface area contributed by atoms with Crippen LogP contribution in [0.1, 0.15) is 36.3 Å². The molecule has 0 radical (unpaired) electrons. The molecule has 2 aromatic heterocycles. The number of nitrogens with zero attached hydrogens (tertiary/aromatic N) is 3. The lowest BCUT2D eigenvalue weighted by atomic mass is 10.1. The van der Waals surface area contributed by atoms with Crippen LogP contribution in [0.15, 0.2) is 76.1 Å². The van der Waals surface area contributed by atoms with E-state index in [4.69, 9.17) is 21.0 Å². The number of aromatic nitrogens is 2. The average Bonchev–Trinajstić information content (AvgIpc) is 3.31. The second-order valence-corrected chi connectivity index (χ2v) is 8.55. The fraction of sp³-hybridized carbons (Fsp3) is 0.308. The van der Waals surface area contributed by atoms with E-state index in [0.29, 0.717) is 22.7 Å². The Bertz CT molecular complexity index is 1230. The van der Waals surface area contributed by atoms with E-state index < -0.39 is 0 Å². The number of nitrogens with one attached hydrogen (secondary N) is 1. The van der Waals surface area contributed by atoms with Crippen LogP contribution in [0, 0.1) is 0 Å². The molecule has 0 bridgehead atoms. The Hall–Kier alpha value is -2.93. The third kappa shape index (κ3) is 5.36. The molecule has 4 aromatic rings. The van der Waals surface area contributed by atoms with E-state index in [2.05, 4.69) is 17.1 Å². The predicted molar refractivity (Wildman–Crippen MR) is 133 cm³/mol. The third-order valence-corrected chi connectivity index (χ3v) is 6.12. The molecule has 2 aromatic carbocycles. The Morgan fingerprint density at radius 1 is 1.09 bits per heavy atom. The summed E-state index contributed by atoms with van der Waals surface area (Å²) in [7, 11) is 1.94. The number of hydrogen-bond acceptors (Lipinski definition) is 5.